The number of carbonyl (C=O) groups is 1. The van der Waals surface area contributed by atoms with E-state index in [0.717, 1.165) is 31.6 Å². The van der Waals surface area contributed by atoms with Crippen LogP contribution in [-0.4, -0.2) is 36.2 Å². The van der Waals surface area contributed by atoms with Gasteiger partial charge in [0.1, 0.15) is 5.75 Å². The number of phenolic OH excluding ortho intramolecular Hbond substituents is 1. The lowest BCUT2D eigenvalue weighted by atomic mass is 9.99. The standard InChI is InChI=1S/C14H20N2O2/c1-11-7-9-16(10-8-11)14(18)15(2)12-3-5-13(17)6-4-12/h3-6,11,17H,7-10H2,1-2H3. The van der Waals surface area contributed by atoms with Crippen LogP contribution in [0.1, 0.15) is 19.8 Å². The van der Waals surface area contributed by atoms with E-state index in [1.54, 1.807) is 36.2 Å². The van der Waals surface area contributed by atoms with Crippen molar-refractivity contribution in [2.24, 2.45) is 5.92 Å². The fourth-order valence-corrected chi connectivity index (χ4v) is 2.20. The van der Waals surface area contributed by atoms with Crippen LogP contribution >= 0.6 is 0 Å². The number of nitrogens with zero attached hydrogens (tertiary/aromatic N) is 2. The maximum atomic E-state index is 12.3. The van der Waals surface area contributed by atoms with Gasteiger partial charge < -0.3 is 10.0 Å². The molecule has 1 aromatic carbocycles. The molecule has 0 unspecified atom stereocenters. The summed E-state index contributed by atoms with van der Waals surface area (Å²) >= 11 is 0. The third kappa shape index (κ3) is 2.75. The first-order valence-electron chi connectivity index (χ1n) is 6.39. The Morgan fingerprint density at radius 2 is 1.83 bits per heavy atom. The molecule has 1 aromatic rings. The van der Waals surface area contributed by atoms with Crippen molar-refractivity contribution < 1.29 is 9.90 Å². The van der Waals surface area contributed by atoms with E-state index in [0.29, 0.717) is 5.92 Å². The van der Waals surface area contributed by atoms with Crippen molar-refractivity contribution in [2.75, 3.05) is 25.0 Å². The number of carbonyl (C=O) groups excluding carboxylic acids is 1. The highest BCUT2D eigenvalue weighted by molar-refractivity contribution is 5.91. The molecule has 1 N–H and O–H groups in total. The molecule has 4 nitrogen and oxygen atoms in total. The largest absolute Gasteiger partial charge is 0.508 e. The maximum absolute atomic E-state index is 12.3. The van der Waals surface area contributed by atoms with E-state index in [9.17, 15) is 9.90 Å². The zero-order valence-electron chi connectivity index (χ0n) is 11.0. The summed E-state index contributed by atoms with van der Waals surface area (Å²) in [4.78, 5) is 15.8. The predicted molar refractivity (Wildman–Crippen MR) is 71.9 cm³/mol. The van der Waals surface area contributed by atoms with Crippen molar-refractivity contribution in [1.82, 2.24) is 4.90 Å². The van der Waals surface area contributed by atoms with Crippen LogP contribution in [0.2, 0.25) is 0 Å². The minimum Gasteiger partial charge on any atom is -0.508 e. The van der Waals surface area contributed by atoms with Gasteiger partial charge in [-0.1, -0.05) is 6.92 Å². The molecule has 1 aliphatic heterocycles. The van der Waals surface area contributed by atoms with Crippen LogP contribution < -0.4 is 4.90 Å². The number of hydrogen-bond donors (Lipinski definition) is 1. The van der Waals surface area contributed by atoms with Crippen LogP contribution in [0.15, 0.2) is 24.3 Å². The molecule has 2 amide bonds. The third-order valence-corrected chi connectivity index (χ3v) is 3.58. The van der Waals surface area contributed by atoms with E-state index in [2.05, 4.69) is 6.92 Å². The van der Waals surface area contributed by atoms with Crippen molar-refractivity contribution >= 4 is 11.7 Å². The Morgan fingerprint density at radius 1 is 1.28 bits per heavy atom. The first-order valence-corrected chi connectivity index (χ1v) is 6.39. The molecule has 0 aliphatic carbocycles. The van der Waals surface area contributed by atoms with E-state index in [-0.39, 0.29) is 11.8 Å². The molecule has 1 aliphatic rings. The van der Waals surface area contributed by atoms with Crippen molar-refractivity contribution in [1.29, 1.82) is 0 Å². The van der Waals surface area contributed by atoms with Crippen LogP contribution in [0, 0.1) is 5.92 Å². The zero-order chi connectivity index (χ0) is 13.1. The van der Waals surface area contributed by atoms with Crippen LogP contribution in [0.25, 0.3) is 0 Å². The molecule has 0 aromatic heterocycles. The number of aromatic hydroxyl groups is 1. The Morgan fingerprint density at radius 3 is 2.39 bits per heavy atom. The molecular weight excluding hydrogens is 228 g/mol. The molecule has 98 valence electrons. The van der Waals surface area contributed by atoms with Gasteiger partial charge in [0.2, 0.25) is 0 Å². The van der Waals surface area contributed by atoms with Gasteiger partial charge in [0.05, 0.1) is 0 Å². The van der Waals surface area contributed by atoms with E-state index in [1.807, 2.05) is 4.90 Å². The van der Waals surface area contributed by atoms with E-state index in [4.69, 9.17) is 0 Å². The third-order valence-electron chi connectivity index (χ3n) is 3.58. The minimum absolute atomic E-state index is 0.0348. The number of likely N-dealkylation sites (tertiary alicyclic amines) is 1. The lowest BCUT2D eigenvalue weighted by Crippen LogP contribution is -2.45. The second-order valence-electron chi connectivity index (χ2n) is 5.03. The fourth-order valence-electron chi connectivity index (χ4n) is 2.20. The van der Waals surface area contributed by atoms with Gasteiger partial charge in [0, 0.05) is 25.8 Å². The van der Waals surface area contributed by atoms with Gasteiger partial charge in [-0.2, -0.15) is 0 Å². The van der Waals surface area contributed by atoms with Gasteiger partial charge in [-0.05, 0) is 43.0 Å². The number of urea groups is 1. The van der Waals surface area contributed by atoms with Crippen LogP contribution in [0.5, 0.6) is 5.75 Å². The summed E-state index contributed by atoms with van der Waals surface area (Å²) in [5, 5.41) is 9.24. The highest BCUT2D eigenvalue weighted by Gasteiger charge is 2.23. The first-order chi connectivity index (χ1) is 8.58. The molecule has 0 spiro atoms. The Balaban J connectivity index is 2.02. The summed E-state index contributed by atoms with van der Waals surface area (Å²) in [6.07, 6.45) is 2.16. The van der Waals surface area contributed by atoms with Gasteiger partial charge in [-0.25, -0.2) is 4.79 Å². The van der Waals surface area contributed by atoms with E-state index >= 15 is 0 Å². The summed E-state index contributed by atoms with van der Waals surface area (Å²) in [6, 6.07) is 6.72. The van der Waals surface area contributed by atoms with Crippen molar-refractivity contribution in [3.05, 3.63) is 24.3 Å². The van der Waals surface area contributed by atoms with Crippen molar-refractivity contribution in [2.45, 2.75) is 19.8 Å². The zero-order valence-corrected chi connectivity index (χ0v) is 11.0. The number of rotatable bonds is 1. The number of amides is 2. The second kappa shape index (κ2) is 5.29. The molecule has 0 radical (unpaired) electrons. The number of phenols is 1. The Bertz CT molecular complexity index is 408. The molecular formula is C14H20N2O2. The molecule has 1 heterocycles. The smallest absolute Gasteiger partial charge is 0.324 e. The Labute approximate surface area is 108 Å². The number of piperidine rings is 1. The molecule has 2 rings (SSSR count). The topological polar surface area (TPSA) is 43.8 Å². The fraction of sp³-hybridized carbons (Fsp3) is 0.500. The SMILES string of the molecule is CC1CCN(C(=O)N(C)c2ccc(O)cc2)CC1. The normalized spacial score (nSPS) is 16.7. The Hall–Kier alpha value is -1.71. The molecule has 0 bridgehead atoms. The van der Waals surface area contributed by atoms with Gasteiger partial charge in [0.25, 0.3) is 0 Å². The lowest BCUT2D eigenvalue weighted by Gasteiger charge is -2.33. The predicted octanol–water partition coefficient (Wildman–Crippen LogP) is 2.68. The van der Waals surface area contributed by atoms with Crippen molar-refractivity contribution in [3.63, 3.8) is 0 Å². The Kier molecular flexibility index (Phi) is 3.75. The molecule has 0 atom stereocenters. The monoisotopic (exact) mass is 248 g/mol. The molecule has 0 saturated carbocycles. The summed E-state index contributed by atoms with van der Waals surface area (Å²) < 4.78 is 0. The highest BCUT2D eigenvalue weighted by atomic mass is 16.3. The molecule has 4 heteroatoms. The average Bonchev–Trinajstić information content (AvgIpc) is 2.39. The first kappa shape index (κ1) is 12.7. The van der Waals surface area contributed by atoms with Crippen molar-refractivity contribution in [3.8, 4) is 5.75 Å². The number of anilines is 1. The van der Waals surface area contributed by atoms with Gasteiger partial charge in [0.15, 0.2) is 0 Å². The summed E-state index contributed by atoms with van der Waals surface area (Å²) in [5.41, 5.74) is 0.802. The quantitative estimate of drug-likeness (QED) is 0.830. The molecule has 18 heavy (non-hydrogen) atoms. The van der Waals surface area contributed by atoms with Crippen LogP contribution in [0.4, 0.5) is 10.5 Å². The number of hydrogen-bond acceptors (Lipinski definition) is 2. The average molecular weight is 248 g/mol. The van der Waals surface area contributed by atoms with Crippen LogP contribution in [0.3, 0.4) is 0 Å². The maximum Gasteiger partial charge on any atom is 0.324 e. The van der Waals surface area contributed by atoms with E-state index < -0.39 is 0 Å². The molecule has 1 fully saturated rings. The van der Waals surface area contributed by atoms with Gasteiger partial charge >= 0.3 is 6.03 Å². The minimum atomic E-state index is 0.0348. The highest BCUT2D eigenvalue weighted by Crippen LogP contribution is 2.21. The lowest BCUT2D eigenvalue weighted by molar-refractivity contribution is 0.181. The van der Waals surface area contributed by atoms with Gasteiger partial charge in [-0.3, -0.25) is 4.90 Å². The second-order valence-corrected chi connectivity index (χ2v) is 5.03. The summed E-state index contributed by atoms with van der Waals surface area (Å²) in [7, 11) is 1.77. The number of benzene rings is 1. The van der Waals surface area contributed by atoms with E-state index in [1.165, 1.54) is 0 Å². The summed E-state index contributed by atoms with van der Waals surface area (Å²) in [6.45, 7) is 3.90. The van der Waals surface area contributed by atoms with Gasteiger partial charge in [-0.15, -0.1) is 0 Å². The van der Waals surface area contributed by atoms with Crippen LogP contribution in [-0.2, 0) is 0 Å². The molecule has 1 saturated heterocycles. The summed E-state index contributed by atoms with van der Waals surface area (Å²) in [5.74, 6) is 0.930.